The summed E-state index contributed by atoms with van der Waals surface area (Å²) in [7, 11) is 1.66. The van der Waals surface area contributed by atoms with Crippen molar-refractivity contribution < 1.29 is 9.53 Å². The van der Waals surface area contributed by atoms with Gasteiger partial charge in [0.1, 0.15) is 5.75 Å². The second-order valence-corrected chi connectivity index (χ2v) is 7.93. The summed E-state index contributed by atoms with van der Waals surface area (Å²) in [5, 5.41) is 7.60. The minimum Gasteiger partial charge on any atom is -0.497 e. The number of fused-ring (bicyclic) bond motifs is 1. The number of hydrogen-bond donors (Lipinski definition) is 3. The van der Waals surface area contributed by atoms with E-state index in [-0.39, 0.29) is 24.4 Å². The highest BCUT2D eigenvalue weighted by atomic mass is 16.5. The van der Waals surface area contributed by atoms with E-state index in [9.17, 15) is 4.79 Å². The highest BCUT2D eigenvalue weighted by Crippen LogP contribution is 2.31. The lowest BCUT2D eigenvalue weighted by Gasteiger charge is -2.19. The molecule has 32 heavy (non-hydrogen) atoms. The maximum atomic E-state index is 12.6. The average molecular weight is 428 g/mol. The molecule has 1 aromatic heterocycles. The zero-order valence-electron chi connectivity index (χ0n) is 18.5. The van der Waals surface area contributed by atoms with Gasteiger partial charge in [0.05, 0.1) is 13.7 Å². The Morgan fingerprint density at radius 2 is 1.66 bits per heavy atom. The number of rotatable bonds is 9. The first-order valence-corrected chi connectivity index (χ1v) is 10.9. The number of hydrogen-bond acceptors (Lipinski definition) is 3. The van der Waals surface area contributed by atoms with Gasteiger partial charge in [0.2, 0.25) is 5.91 Å². The zero-order chi connectivity index (χ0) is 22.3. The number of carbonyl (C=O) groups is 1. The van der Waals surface area contributed by atoms with Gasteiger partial charge in [0.25, 0.3) is 0 Å². The van der Waals surface area contributed by atoms with Gasteiger partial charge < -0.3 is 20.4 Å². The van der Waals surface area contributed by atoms with Crippen LogP contribution in [0.5, 0.6) is 5.75 Å². The molecule has 5 heteroatoms. The fraction of sp³-hybridized carbons (Fsp3) is 0.222. The molecular formula is C27H29N3O2. The van der Waals surface area contributed by atoms with Crippen molar-refractivity contribution in [1.29, 1.82) is 0 Å². The monoisotopic (exact) mass is 427 g/mol. The largest absolute Gasteiger partial charge is 0.497 e. The third-order valence-electron chi connectivity index (χ3n) is 5.89. The van der Waals surface area contributed by atoms with Crippen LogP contribution in [0, 0.1) is 0 Å². The smallest absolute Gasteiger partial charge is 0.234 e. The van der Waals surface area contributed by atoms with Gasteiger partial charge in [-0.1, -0.05) is 60.7 Å². The van der Waals surface area contributed by atoms with Crippen LogP contribution in [-0.2, 0) is 4.79 Å². The Hall–Kier alpha value is -3.57. The maximum Gasteiger partial charge on any atom is 0.234 e. The predicted octanol–water partition coefficient (Wildman–Crippen LogP) is 4.78. The number of H-pyrrole nitrogens is 1. The molecule has 164 valence electrons. The van der Waals surface area contributed by atoms with E-state index in [1.807, 2.05) is 48.7 Å². The Morgan fingerprint density at radius 1 is 0.938 bits per heavy atom. The van der Waals surface area contributed by atoms with Crippen LogP contribution in [0.25, 0.3) is 10.9 Å². The lowest BCUT2D eigenvalue weighted by molar-refractivity contribution is -0.120. The van der Waals surface area contributed by atoms with Gasteiger partial charge in [-0.05, 0) is 41.8 Å². The Kier molecular flexibility index (Phi) is 6.87. The zero-order valence-corrected chi connectivity index (χ0v) is 18.5. The summed E-state index contributed by atoms with van der Waals surface area (Å²) in [5.74, 6) is 0.813. The van der Waals surface area contributed by atoms with E-state index >= 15 is 0 Å². The molecule has 0 fully saturated rings. The molecule has 1 amide bonds. The molecule has 5 nitrogen and oxygen atoms in total. The van der Waals surface area contributed by atoms with Crippen LogP contribution in [0.1, 0.15) is 35.6 Å². The number of aromatic amines is 1. The Balaban J connectivity index is 1.47. The van der Waals surface area contributed by atoms with E-state index in [1.165, 1.54) is 5.39 Å². The molecule has 0 spiro atoms. The lowest BCUT2D eigenvalue weighted by Crippen LogP contribution is -2.37. The number of nitrogens with one attached hydrogen (secondary N) is 3. The molecular weight excluding hydrogens is 398 g/mol. The number of ether oxygens (including phenoxy) is 1. The number of methoxy groups -OCH3 is 1. The average Bonchev–Trinajstić information content (AvgIpc) is 3.27. The van der Waals surface area contributed by atoms with Gasteiger partial charge in [-0.3, -0.25) is 4.79 Å². The summed E-state index contributed by atoms with van der Waals surface area (Å²) in [6.07, 6.45) is 2.04. The molecule has 0 aliphatic carbocycles. The van der Waals surface area contributed by atoms with Crippen LogP contribution < -0.4 is 15.4 Å². The normalized spacial score (nSPS) is 12.9. The Morgan fingerprint density at radius 3 is 2.41 bits per heavy atom. The van der Waals surface area contributed by atoms with Crippen molar-refractivity contribution in [2.45, 2.75) is 18.9 Å². The van der Waals surface area contributed by atoms with Crippen LogP contribution in [-0.4, -0.2) is 31.1 Å². The van der Waals surface area contributed by atoms with Crippen LogP contribution in [0.2, 0.25) is 0 Å². The minimum absolute atomic E-state index is 0.0209. The number of para-hydroxylation sites is 1. The Labute approximate surface area is 188 Å². The van der Waals surface area contributed by atoms with Gasteiger partial charge in [0, 0.05) is 35.6 Å². The second-order valence-electron chi connectivity index (χ2n) is 7.93. The minimum atomic E-state index is -0.0221. The topological polar surface area (TPSA) is 66.2 Å². The standard InChI is InChI=1S/C27H29N3O2/c1-19(20-8-4-3-5-9-20)28-18-27(31)30-16-24(21-12-14-22(32-2)15-13-21)25-17-29-26-11-7-6-10-23(25)26/h3-15,17,19,24,28-29H,16,18H2,1-2H3,(H,30,31)/t19-,24-/m1/s1. The second kappa shape index (κ2) is 10.2. The maximum absolute atomic E-state index is 12.6. The molecule has 0 aliphatic heterocycles. The Bertz CT molecular complexity index is 1150. The van der Waals surface area contributed by atoms with Crippen molar-refractivity contribution in [3.05, 3.63) is 102 Å². The summed E-state index contributed by atoms with van der Waals surface area (Å²) in [6.45, 7) is 2.84. The van der Waals surface area contributed by atoms with Crippen molar-refractivity contribution in [1.82, 2.24) is 15.6 Å². The molecule has 2 atom stereocenters. The molecule has 3 N–H and O–H groups in total. The molecule has 0 saturated carbocycles. The highest BCUT2D eigenvalue weighted by molar-refractivity contribution is 5.84. The predicted molar refractivity (Wildman–Crippen MR) is 129 cm³/mol. The van der Waals surface area contributed by atoms with Crippen molar-refractivity contribution >= 4 is 16.8 Å². The first-order chi connectivity index (χ1) is 15.7. The summed E-state index contributed by atoms with van der Waals surface area (Å²) in [4.78, 5) is 16.0. The van der Waals surface area contributed by atoms with E-state index in [1.54, 1.807) is 7.11 Å². The van der Waals surface area contributed by atoms with Gasteiger partial charge in [-0.15, -0.1) is 0 Å². The van der Waals surface area contributed by atoms with Crippen LogP contribution in [0.4, 0.5) is 0 Å². The molecule has 0 bridgehead atoms. The summed E-state index contributed by atoms with van der Waals surface area (Å²) in [6, 6.07) is 26.5. The van der Waals surface area contributed by atoms with Gasteiger partial charge in [-0.25, -0.2) is 0 Å². The van der Waals surface area contributed by atoms with Crippen LogP contribution in [0.15, 0.2) is 85.1 Å². The number of aromatic nitrogens is 1. The molecule has 0 saturated heterocycles. The molecule has 0 aliphatic rings. The van der Waals surface area contributed by atoms with E-state index in [2.05, 4.69) is 58.9 Å². The third kappa shape index (κ3) is 5.01. The van der Waals surface area contributed by atoms with Gasteiger partial charge >= 0.3 is 0 Å². The fourth-order valence-electron chi connectivity index (χ4n) is 4.01. The van der Waals surface area contributed by atoms with Crippen molar-refractivity contribution in [3.8, 4) is 5.75 Å². The van der Waals surface area contributed by atoms with Crippen molar-refractivity contribution in [2.24, 2.45) is 0 Å². The quantitative estimate of drug-likeness (QED) is 0.360. The lowest BCUT2D eigenvalue weighted by atomic mass is 9.90. The fourth-order valence-corrected chi connectivity index (χ4v) is 4.01. The first-order valence-electron chi connectivity index (χ1n) is 10.9. The van der Waals surface area contributed by atoms with E-state index < -0.39 is 0 Å². The highest BCUT2D eigenvalue weighted by Gasteiger charge is 2.19. The summed E-state index contributed by atoms with van der Waals surface area (Å²) < 4.78 is 5.31. The summed E-state index contributed by atoms with van der Waals surface area (Å²) in [5.41, 5.74) is 4.54. The molecule has 0 radical (unpaired) electrons. The number of carbonyl (C=O) groups excluding carboxylic acids is 1. The molecule has 4 aromatic rings. The number of benzene rings is 3. The van der Waals surface area contributed by atoms with Crippen LogP contribution >= 0.6 is 0 Å². The van der Waals surface area contributed by atoms with E-state index in [0.29, 0.717) is 6.54 Å². The van der Waals surface area contributed by atoms with Gasteiger partial charge in [-0.2, -0.15) is 0 Å². The summed E-state index contributed by atoms with van der Waals surface area (Å²) >= 11 is 0. The third-order valence-corrected chi connectivity index (χ3v) is 5.89. The van der Waals surface area contributed by atoms with Crippen LogP contribution in [0.3, 0.4) is 0 Å². The van der Waals surface area contributed by atoms with Crippen molar-refractivity contribution in [2.75, 3.05) is 20.2 Å². The SMILES string of the molecule is COc1ccc([C@@H](CNC(=O)CN[C@H](C)c2ccccc2)c2c[nH]c3ccccc23)cc1. The van der Waals surface area contributed by atoms with Gasteiger partial charge in [0.15, 0.2) is 0 Å². The van der Waals surface area contributed by atoms with Crippen molar-refractivity contribution in [3.63, 3.8) is 0 Å². The molecule has 1 heterocycles. The molecule has 0 unspecified atom stereocenters. The molecule has 4 rings (SSSR count). The van der Waals surface area contributed by atoms with E-state index in [4.69, 9.17) is 4.74 Å². The van der Waals surface area contributed by atoms with E-state index in [0.717, 1.165) is 28.0 Å². The number of amides is 1. The molecule has 3 aromatic carbocycles. The first kappa shape index (κ1) is 21.7.